The van der Waals surface area contributed by atoms with Crippen molar-refractivity contribution >= 4 is 101 Å². The largest absolute Gasteiger partial charge is 0.444 e. The van der Waals surface area contributed by atoms with Gasteiger partial charge in [-0.15, -0.1) is 24.8 Å². The molecule has 23 heteroatoms. The molecule has 5 aliphatic heterocycles. The van der Waals surface area contributed by atoms with Crippen LogP contribution in [0.3, 0.4) is 0 Å². The number of nitrogens with zero attached hydrogens (tertiary/aromatic N) is 3. The summed E-state index contributed by atoms with van der Waals surface area (Å²) in [4.78, 5) is 40.7. The smallest absolute Gasteiger partial charge is 0.410 e. The summed E-state index contributed by atoms with van der Waals surface area (Å²) < 4.78 is 44.8. The van der Waals surface area contributed by atoms with Gasteiger partial charge < -0.3 is 63.2 Å². The zero-order valence-corrected chi connectivity index (χ0v) is 61.6. The van der Waals surface area contributed by atoms with Crippen molar-refractivity contribution in [3.05, 3.63) is 172 Å². The molecule has 5 aromatic carbocycles. The maximum Gasteiger partial charge on any atom is 0.410 e. The fourth-order valence-electron chi connectivity index (χ4n) is 10.8. The Kier molecular flexibility index (Phi) is 35.1. The molecule has 0 saturated heterocycles. The number of carbonyl (C=O) groups excluding carboxylic acids is 3. The van der Waals surface area contributed by atoms with Crippen molar-refractivity contribution in [2.45, 2.75) is 149 Å². The van der Waals surface area contributed by atoms with Gasteiger partial charge in [0, 0.05) is 59.3 Å². The zero-order valence-electron chi connectivity index (χ0n) is 56.2. The van der Waals surface area contributed by atoms with E-state index in [0.29, 0.717) is 39.5 Å². The molecule has 0 aromatic heterocycles. The van der Waals surface area contributed by atoms with Crippen LogP contribution in [-0.4, -0.2) is 151 Å². The number of rotatable bonds is 10. The standard InChI is InChI=1S/3C16H22ClNO3.2C11H14ClNO.CH4.2ClH/c3*1-16(2,3)21-15(19)18(4)10-14-12-6-5-7-13(17)11(12)8-9-20-14;2*1-13-7-11-9-3-2-4-10(12)8(9)5-6-14-11;;;/h3*5-7,14H,8-10H2,1-4H3;2*2-4,11,13H,5-7H2,1H3;1H4;2*1H/t2*14-;;2*11-;;;/m10.10.../s1. The van der Waals surface area contributed by atoms with Crippen LogP contribution in [0.5, 0.6) is 0 Å². The van der Waals surface area contributed by atoms with E-state index in [4.69, 9.17) is 95.9 Å². The number of amides is 3. The number of fused-ring (bicyclic) bond motifs is 5. The summed E-state index contributed by atoms with van der Waals surface area (Å²) in [6.45, 7) is 23.1. The van der Waals surface area contributed by atoms with E-state index < -0.39 is 16.8 Å². The highest BCUT2D eigenvalue weighted by atomic mass is 35.5. The summed E-state index contributed by atoms with van der Waals surface area (Å²) in [5, 5.41) is 10.3. The fourth-order valence-corrected chi connectivity index (χ4v) is 12.2. The van der Waals surface area contributed by atoms with E-state index in [0.717, 1.165) is 117 Å². The van der Waals surface area contributed by atoms with Crippen LogP contribution in [0.15, 0.2) is 91.0 Å². The molecule has 524 valence electrons. The van der Waals surface area contributed by atoms with Crippen LogP contribution in [-0.2, 0) is 70.0 Å². The van der Waals surface area contributed by atoms with Crippen molar-refractivity contribution in [1.29, 1.82) is 0 Å². The van der Waals surface area contributed by atoms with Crippen molar-refractivity contribution in [3.8, 4) is 0 Å². The van der Waals surface area contributed by atoms with E-state index in [-0.39, 0.29) is 81.0 Å². The number of likely N-dealkylation sites (N-methyl/N-ethyl adjacent to an activating group) is 5. The minimum Gasteiger partial charge on any atom is -0.444 e. The quantitative estimate of drug-likeness (QED) is 0.127. The Hall–Kier alpha value is -4.34. The first-order valence-electron chi connectivity index (χ1n) is 31.0. The summed E-state index contributed by atoms with van der Waals surface area (Å²) >= 11 is 31.0. The van der Waals surface area contributed by atoms with Gasteiger partial charge in [-0.1, -0.05) is 126 Å². The average molecular weight is 1450 g/mol. The van der Waals surface area contributed by atoms with Gasteiger partial charge in [-0.25, -0.2) is 14.4 Å². The second-order valence-electron chi connectivity index (χ2n) is 25.8. The lowest BCUT2D eigenvalue weighted by Gasteiger charge is -2.31. The van der Waals surface area contributed by atoms with Crippen LogP contribution in [0.4, 0.5) is 14.4 Å². The highest BCUT2D eigenvalue weighted by molar-refractivity contribution is 6.32. The van der Waals surface area contributed by atoms with Crippen LogP contribution in [0, 0.1) is 0 Å². The molecule has 0 aliphatic carbocycles. The highest BCUT2D eigenvalue weighted by Gasteiger charge is 2.31. The Morgan fingerprint density at radius 2 is 0.585 bits per heavy atom. The number of halogens is 7. The molecule has 5 atom stereocenters. The van der Waals surface area contributed by atoms with Gasteiger partial charge in [0.25, 0.3) is 0 Å². The number of carbonyl (C=O) groups is 3. The molecule has 5 aliphatic rings. The molecule has 0 radical (unpaired) electrons. The summed E-state index contributed by atoms with van der Waals surface area (Å²) in [6.07, 6.45) is 3.06. The van der Waals surface area contributed by atoms with E-state index >= 15 is 0 Å². The summed E-state index contributed by atoms with van der Waals surface area (Å²) in [6, 6.07) is 29.5. The first-order chi connectivity index (χ1) is 43.0. The lowest BCUT2D eigenvalue weighted by Crippen LogP contribution is -2.37. The van der Waals surface area contributed by atoms with E-state index in [9.17, 15) is 14.4 Å². The van der Waals surface area contributed by atoms with Crippen molar-refractivity contribution in [2.24, 2.45) is 0 Å². The van der Waals surface area contributed by atoms with Crippen LogP contribution in [0.1, 0.15) is 156 Å². The second kappa shape index (κ2) is 39.3. The number of nitrogens with one attached hydrogen (secondary N) is 2. The number of ether oxygens (including phenoxy) is 8. The van der Waals surface area contributed by atoms with Gasteiger partial charge >= 0.3 is 18.3 Å². The molecule has 5 aromatic rings. The Balaban J connectivity index is 0.000000307. The van der Waals surface area contributed by atoms with Crippen molar-refractivity contribution in [2.75, 3.05) is 101 Å². The molecule has 94 heavy (non-hydrogen) atoms. The summed E-state index contributed by atoms with van der Waals surface area (Å²) in [5.41, 5.74) is 10.0. The van der Waals surface area contributed by atoms with Crippen LogP contribution < -0.4 is 10.6 Å². The molecular weight excluding hydrogens is 1350 g/mol. The van der Waals surface area contributed by atoms with Crippen LogP contribution in [0.25, 0.3) is 0 Å². The van der Waals surface area contributed by atoms with E-state index in [2.05, 4.69) is 22.8 Å². The highest BCUT2D eigenvalue weighted by Crippen LogP contribution is 2.37. The molecule has 5 heterocycles. The molecule has 0 fully saturated rings. The number of hydrogen-bond donors (Lipinski definition) is 2. The SMILES string of the molecule is C.CN(CC1OCCc2c(Cl)cccc21)C(=O)OC(C)(C)C.CN(C[C@@H]1OCCc2c(Cl)cccc21)C(=O)OC(C)(C)C.CN(C[C@H]1OCCc2c(Cl)cccc21)C(=O)OC(C)(C)C.CNC[C@@H]1OCCc2c(Cl)cccc21.CNC[C@H]1OCCc2c(Cl)cccc21.Cl.Cl. The lowest BCUT2D eigenvalue weighted by molar-refractivity contribution is -0.00186. The first kappa shape index (κ1) is 83.9. The van der Waals surface area contributed by atoms with Gasteiger partial charge in [0.2, 0.25) is 0 Å². The second-order valence-corrected chi connectivity index (χ2v) is 27.8. The van der Waals surface area contributed by atoms with Crippen molar-refractivity contribution in [1.82, 2.24) is 25.3 Å². The van der Waals surface area contributed by atoms with Gasteiger partial charge in [0.15, 0.2) is 0 Å². The summed E-state index contributed by atoms with van der Waals surface area (Å²) in [5.74, 6) is 0. The molecular formula is C71H100Cl7N5O11. The third kappa shape index (κ3) is 25.5. The average Bonchev–Trinajstić information content (AvgIpc) is 0.849. The van der Waals surface area contributed by atoms with Gasteiger partial charge in [0.05, 0.1) is 64.9 Å². The molecule has 2 N–H and O–H groups in total. The zero-order chi connectivity index (χ0) is 66.8. The molecule has 16 nitrogen and oxygen atoms in total. The van der Waals surface area contributed by atoms with Crippen molar-refractivity contribution < 1.29 is 52.3 Å². The van der Waals surface area contributed by atoms with E-state index in [1.165, 1.54) is 22.3 Å². The maximum atomic E-state index is 12.0. The minimum atomic E-state index is -0.500. The van der Waals surface area contributed by atoms with Crippen molar-refractivity contribution in [3.63, 3.8) is 0 Å². The fraction of sp³-hybridized carbons (Fsp3) is 0.535. The van der Waals surface area contributed by atoms with Gasteiger partial charge in [-0.05, 0) is 194 Å². The Morgan fingerprint density at radius 3 is 0.777 bits per heavy atom. The van der Waals surface area contributed by atoms with Crippen LogP contribution >= 0.6 is 82.8 Å². The monoisotopic (exact) mass is 1440 g/mol. The molecule has 10 rings (SSSR count). The topological polar surface area (TPSA) is 159 Å². The van der Waals surface area contributed by atoms with Gasteiger partial charge in [-0.3, -0.25) is 0 Å². The van der Waals surface area contributed by atoms with E-state index in [1.807, 2.05) is 155 Å². The number of benzene rings is 5. The Bertz CT molecular complexity index is 2900. The van der Waals surface area contributed by atoms with E-state index in [1.54, 1.807) is 35.8 Å². The maximum absolute atomic E-state index is 12.0. The Labute approximate surface area is 596 Å². The number of hydrogen-bond acceptors (Lipinski definition) is 13. The Morgan fingerprint density at radius 1 is 0.394 bits per heavy atom. The first-order valence-corrected chi connectivity index (χ1v) is 32.9. The lowest BCUT2D eigenvalue weighted by atomic mass is 9.97. The molecule has 1 unspecified atom stereocenters. The third-order valence-corrected chi connectivity index (χ3v) is 16.8. The predicted molar refractivity (Wildman–Crippen MR) is 385 cm³/mol. The summed E-state index contributed by atoms with van der Waals surface area (Å²) in [7, 11) is 9.02. The predicted octanol–water partition coefficient (Wildman–Crippen LogP) is 17.3. The van der Waals surface area contributed by atoms with Crippen LogP contribution in [0.2, 0.25) is 25.1 Å². The molecule has 0 spiro atoms. The van der Waals surface area contributed by atoms with Gasteiger partial charge in [-0.2, -0.15) is 0 Å². The minimum absolute atomic E-state index is 0. The normalized spacial score (nSPS) is 18.2. The molecule has 0 saturated carbocycles. The molecule has 0 bridgehead atoms. The third-order valence-electron chi connectivity index (χ3n) is 15.1. The molecule has 3 amide bonds. The van der Waals surface area contributed by atoms with Gasteiger partial charge in [0.1, 0.15) is 35.1 Å².